The highest BCUT2D eigenvalue weighted by Crippen LogP contribution is 2.23. The molecule has 1 rings (SSSR count). The summed E-state index contributed by atoms with van der Waals surface area (Å²) in [4.78, 5) is 0. The zero-order valence-corrected chi connectivity index (χ0v) is 10.6. The molecule has 0 unspecified atom stereocenters. The van der Waals surface area contributed by atoms with E-state index >= 15 is 0 Å². The molecule has 0 aliphatic heterocycles. The molecule has 2 heteroatoms. The van der Waals surface area contributed by atoms with Crippen molar-refractivity contribution in [2.24, 2.45) is 0 Å². The minimum atomic E-state index is 0.0352. The topological polar surface area (TPSA) is 29.5 Å². The van der Waals surface area contributed by atoms with Crippen molar-refractivity contribution in [3.8, 4) is 5.75 Å². The Morgan fingerprint density at radius 3 is 2.82 bits per heavy atom. The predicted octanol–water partition coefficient (Wildman–Crippen LogP) is 3.61. The third-order valence-corrected chi connectivity index (χ3v) is 2.76. The summed E-state index contributed by atoms with van der Waals surface area (Å²) in [6.45, 7) is 6.46. The Morgan fingerprint density at radius 1 is 1.29 bits per heavy atom. The Morgan fingerprint density at radius 2 is 2.12 bits per heavy atom. The van der Waals surface area contributed by atoms with Gasteiger partial charge in [-0.15, -0.1) is 6.58 Å². The fourth-order valence-corrected chi connectivity index (χ4v) is 1.79. The SMILES string of the molecule is C=CCCCCCOc1c(C)cccc1CO. The lowest BCUT2D eigenvalue weighted by atomic mass is 10.1. The van der Waals surface area contributed by atoms with Gasteiger partial charge in [-0.2, -0.15) is 0 Å². The van der Waals surface area contributed by atoms with Gasteiger partial charge in [0.05, 0.1) is 13.2 Å². The Bertz CT molecular complexity index is 345. The minimum absolute atomic E-state index is 0.0352. The molecule has 1 aromatic carbocycles. The molecule has 0 atom stereocenters. The third kappa shape index (κ3) is 4.61. The molecule has 0 aliphatic carbocycles. The van der Waals surface area contributed by atoms with E-state index in [0.717, 1.165) is 42.7 Å². The van der Waals surface area contributed by atoms with E-state index in [1.807, 2.05) is 31.2 Å². The highest BCUT2D eigenvalue weighted by atomic mass is 16.5. The second-order valence-electron chi connectivity index (χ2n) is 4.21. The van der Waals surface area contributed by atoms with Gasteiger partial charge < -0.3 is 9.84 Å². The number of aliphatic hydroxyl groups excluding tert-OH is 1. The van der Waals surface area contributed by atoms with Gasteiger partial charge in [0.15, 0.2) is 0 Å². The summed E-state index contributed by atoms with van der Waals surface area (Å²) in [7, 11) is 0. The highest BCUT2D eigenvalue weighted by molar-refractivity contribution is 5.40. The van der Waals surface area contributed by atoms with Crippen molar-refractivity contribution in [2.45, 2.75) is 39.2 Å². The van der Waals surface area contributed by atoms with Crippen LogP contribution in [0, 0.1) is 6.92 Å². The molecule has 0 bridgehead atoms. The van der Waals surface area contributed by atoms with E-state index in [1.54, 1.807) is 0 Å². The number of allylic oxidation sites excluding steroid dienone is 1. The van der Waals surface area contributed by atoms with Crippen LogP contribution in [-0.4, -0.2) is 11.7 Å². The molecule has 0 amide bonds. The summed E-state index contributed by atoms with van der Waals surface area (Å²) in [6.07, 6.45) is 6.41. The van der Waals surface area contributed by atoms with Crippen molar-refractivity contribution in [2.75, 3.05) is 6.61 Å². The quantitative estimate of drug-likeness (QED) is 0.550. The number of rotatable bonds is 8. The largest absolute Gasteiger partial charge is 0.493 e. The van der Waals surface area contributed by atoms with Crippen molar-refractivity contribution >= 4 is 0 Å². The first-order valence-corrected chi connectivity index (χ1v) is 6.22. The van der Waals surface area contributed by atoms with Crippen LogP contribution in [0.5, 0.6) is 5.75 Å². The average Bonchev–Trinajstić information content (AvgIpc) is 2.35. The molecule has 2 nitrogen and oxygen atoms in total. The lowest BCUT2D eigenvalue weighted by Gasteiger charge is -2.12. The zero-order chi connectivity index (χ0) is 12.5. The fourth-order valence-electron chi connectivity index (χ4n) is 1.79. The lowest BCUT2D eigenvalue weighted by molar-refractivity contribution is 0.259. The van der Waals surface area contributed by atoms with Crippen molar-refractivity contribution in [3.05, 3.63) is 42.0 Å². The molecule has 0 aliphatic rings. The van der Waals surface area contributed by atoms with Crippen LogP contribution < -0.4 is 4.74 Å². The number of aryl methyl sites for hydroxylation is 1. The van der Waals surface area contributed by atoms with Gasteiger partial charge >= 0.3 is 0 Å². The number of hydrogen-bond donors (Lipinski definition) is 1. The van der Waals surface area contributed by atoms with Gasteiger partial charge in [0.2, 0.25) is 0 Å². The molecule has 0 aromatic heterocycles. The number of aliphatic hydroxyl groups is 1. The molecule has 0 spiro atoms. The van der Waals surface area contributed by atoms with Gasteiger partial charge in [-0.25, -0.2) is 0 Å². The number of hydrogen-bond acceptors (Lipinski definition) is 2. The van der Waals surface area contributed by atoms with E-state index in [0.29, 0.717) is 0 Å². The molecule has 0 fully saturated rings. The van der Waals surface area contributed by atoms with Crippen LogP contribution in [0.1, 0.15) is 36.8 Å². The summed E-state index contributed by atoms with van der Waals surface area (Å²) >= 11 is 0. The van der Waals surface area contributed by atoms with E-state index in [9.17, 15) is 5.11 Å². The average molecular weight is 234 g/mol. The standard InChI is InChI=1S/C15H22O2/c1-3-4-5-6-7-11-17-15-13(2)9-8-10-14(15)12-16/h3,8-10,16H,1,4-7,11-12H2,2H3. The molecule has 17 heavy (non-hydrogen) atoms. The van der Waals surface area contributed by atoms with E-state index in [4.69, 9.17) is 4.74 Å². The van der Waals surface area contributed by atoms with E-state index < -0.39 is 0 Å². The van der Waals surface area contributed by atoms with Crippen molar-refractivity contribution in [1.29, 1.82) is 0 Å². The summed E-state index contributed by atoms with van der Waals surface area (Å²) in [5.41, 5.74) is 1.96. The van der Waals surface area contributed by atoms with Gasteiger partial charge in [-0.3, -0.25) is 0 Å². The van der Waals surface area contributed by atoms with Crippen LogP contribution in [0.4, 0.5) is 0 Å². The first-order chi connectivity index (χ1) is 8.29. The van der Waals surface area contributed by atoms with E-state index in [2.05, 4.69) is 6.58 Å². The first-order valence-electron chi connectivity index (χ1n) is 6.22. The molecule has 0 radical (unpaired) electrons. The van der Waals surface area contributed by atoms with Gasteiger partial charge in [0, 0.05) is 5.56 Å². The Balaban J connectivity index is 2.38. The summed E-state index contributed by atoms with van der Waals surface area (Å²) in [5, 5.41) is 9.22. The molecule has 0 heterocycles. The second-order valence-corrected chi connectivity index (χ2v) is 4.21. The maximum atomic E-state index is 9.22. The number of benzene rings is 1. The Labute approximate surface area is 104 Å². The number of para-hydroxylation sites is 1. The number of unbranched alkanes of at least 4 members (excludes halogenated alkanes) is 3. The van der Waals surface area contributed by atoms with Crippen LogP contribution in [0.15, 0.2) is 30.9 Å². The monoisotopic (exact) mass is 234 g/mol. The predicted molar refractivity (Wildman–Crippen MR) is 71.3 cm³/mol. The maximum Gasteiger partial charge on any atom is 0.127 e. The first kappa shape index (κ1) is 13.8. The lowest BCUT2D eigenvalue weighted by Crippen LogP contribution is -2.02. The molecule has 1 aromatic rings. The molecule has 0 saturated carbocycles. The van der Waals surface area contributed by atoms with Crippen LogP contribution in [0.2, 0.25) is 0 Å². The van der Waals surface area contributed by atoms with Crippen molar-refractivity contribution < 1.29 is 9.84 Å². The summed E-state index contributed by atoms with van der Waals surface area (Å²) in [5.74, 6) is 0.846. The van der Waals surface area contributed by atoms with E-state index in [-0.39, 0.29) is 6.61 Å². The molecular weight excluding hydrogens is 212 g/mol. The molecule has 94 valence electrons. The van der Waals surface area contributed by atoms with Gasteiger partial charge in [0.1, 0.15) is 5.75 Å². The fraction of sp³-hybridized carbons (Fsp3) is 0.467. The molecule has 0 saturated heterocycles. The van der Waals surface area contributed by atoms with Crippen molar-refractivity contribution in [3.63, 3.8) is 0 Å². The van der Waals surface area contributed by atoms with Gasteiger partial charge in [-0.1, -0.05) is 24.3 Å². The summed E-state index contributed by atoms with van der Waals surface area (Å²) < 4.78 is 5.75. The Kier molecular flexibility index (Phi) is 6.41. The number of ether oxygens (including phenoxy) is 1. The smallest absolute Gasteiger partial charge is 0.127 e. The van der Waals surface area contributed by atoms with Crippen LogP contribution in [0.3, 0.4) is 0 Å². The van der Waals surface area contributed by atoms with Gasteiger partial charge in [-0.05, 0) is 38.2 Å². The van der Waals surface area contributed by atoms with Crippen LogP contribution in [-0.2, 0) is 6.61 Å². The van der Waals surface area contributed by atoms with Crippen molar-refractivity contribution in [1.82, 2.24) is 0 Å². The minimum Gasteiger partial charge on any atom is -0.493 e. The normalized spacial score (nSPS) is 10.2. The van der Waals surface area contributed by atoms with Gasteiger partial charge in [0.25, 0.3) is 0 Å². The zero-order valence-electron chi connectivity index (χ0n) is 10.6. The summed E-state index contributed by atoms with van der Waals surface area (Å²) in [6, 6.07) is 5.85. The van der Waals surface area contributed by atoms with Crippen LogP contribution in [0.25, 0.3) is 0 Å². The van der Waals surface area contributed by atoms with E-state index in [1.165, 1.54) is 6.42 Å². The maximum absolute atomic E-state index is 9.22. The molecular formula is C15H22O2. The second kappa shape index (κ2) is 7.91. The Hall–Kier alpha value is -1.28. The third-order valence-electron chi connectivity index (χ3n) is 2.76. The highest BCUT2D eigenvalue weighted by Gasteiger charge is 2.05. The van der Waals surface area contributed by atoms with Crippen LogP contribution >= 0.6 is 0 Å². The molecule has 1 N–H and O–H groups in total.